The molecular weight excluding hydrogens is 599 g/mol. The van der Waals surface area contributed by atoms with E-state index in [-0.39, 0.29) is 46.1 Å². The Morgan fingerprint density at radius 3 is 2.59 bits per heavy atom. The smallest absolute Gasteiger partial charge is 0.271 e. The average molecular weight is 644 g/mol. The molecule has 1 aliphatic rings. The van der Waals surface area contributed by atoms with Crippen molar-refractivity contribution in [3.63, 3.8) is 0 Å². The van der Waals surface area contributed by atoms with Gasteiger partial charge in [-0.15, -0.1) is 11.3 Å². The number of hydrogen-bond acceptors (Lipinski definition) is 8. The van der Waals surface area contributed by atoms with Crippen LogP contribution in [0.15, 0.2) is 70.3 Å². The predicted octanol–water partition coefficient (Wildman–Crippen LogP) is 5.48. The number of fused-ring (bicyclic) bond motifs is 1. The minimum absolute atomic E-state index is 0.0575. The first-order valence-corrected chi connectivity index (χ1v) is 17.6. The molecule has 0 spiro atoms. The van der Waals surface area contributed by atoms with Crippen molar-refractivity contribution in [2.75, 3.05) is 38.1 Å². The maximum atomic E-state index is 14.3. The van der Waals surface area contributed by atoms with Crippen LogP contribution in [0.5, 0.6) is 5.75 Å². The highest BCUT2D eigenvalue weighted by Crippen LogP contribution is 2.30. The summed E-state index contributed by atoms with van der Waals surface area (Å²) in [5.74, 6) is -0.0130. The van der Waals surface area contributed by atoms with Gasteiger partial charge < -0.3 is 19.5 Å². The quantitative estimate of drug-likeness (QED) is 0.318. The van der Waals surface area contributed by atoms with Gasteiger partial charge in [0.2, 0.25) is 0 Å². The van der Waals surface area contributed by atoms with Gasteiger partial charge in [-0.25, -0.2) is 8.42 Å². The van der Waals surface area contributed by atoms with Crippen LogP contribution in [0.25, 0.3) is 0 Å². The summed E-state index contributed by atoms with van der Waals surface area (Å²) < 4.78 is 41.4. The molecular formula is C33H45N3O6S2. The Labute approximate surface area is 265 Å². The van der Waals surface area contributed by atoms with Crippen molar-refractivity contribution in [3.8, 4) is 5.75 Å². The summed E-state index contributed by atoms with van der Waals surface area (Å²) in [4.78, 5) is 18.2. The molecule has 0 aliphatic carbocycles. The molecule has 11 heteroatoms. The van der Waals surface area contributed by atoms with Crippen molar-refractivity contribution in [1.29, 1.82) is 0 Å². The van der Waals surface area contributed by atoms with Crippen LogP contribution in [0.3, 0.4) is 0 Å². The second-order valence-corrected chi connectivity index (χ2v) is 14.6. The number of amides is 1. The second kappa shape index (κ2) is 15.9. The Balaban J connectivity index is 1.63. The molecule has 240 valence electrons. The number of sulfonamides is 1. The van der Waals surface area contributed by atoms with E-state index >= 15 is 0 Å². The van der Waals surface area contributed by atoms with Crippen molar-refractivity contribution in [1.82, 2.24) is 9.80 Å². The number of anilines is 1. The molecule has 0 saturated heterocycles. The van der Waals surface area contributed by atoms with Crippen LogP contribution in [-0.2, 0) is 21.3 Å². The number of hydrogen-bond donors (Lipinski definition) is 2. The fourth-order valence-corrected chi connectivity index (χ4v) is 7.38. The summed E-state index contributed by atoms with van der Waals surface area (Å²) in [6, 6.07) is 17.8. The number of rotatable bonds is 9. The molecule has 1 aliphatic heterocycles. The molecule has 4 atom stereocenters. The molecule has 0 bridgehead atoms. The Bertz CT molecular complexity index is 1430. The summed E-state index contributed by atoms with van der Waals surface area (Å²) in [6.45, 7) is 8.01. The fourth-order valence-electron chi connectivity index (χ4n) is 5.34. The van der Waals surface area contributed by atoms with Gasteiger partial charge in [0, 0.05) is 37.8 Å². The van der Waals surface area contributed by atoms with Gasteiger partial charge >= 0.3 is 0 Å². The Morgan fingerprint density at radius 2 is 1.89 bits per heavy atom. The van der Waals surface area contributed by atoms with Gasteiger partial charge in [-0.3, -0.25) is 14.4 Å². The Hall–Kier alpha value is -2.96. The van der Waals surface area contributed by atoms with Crippen LogP contribution in [0.1, 0.15) is 56.0 Å². The van der Waals surface area contributed by atoms with E-state index in [9.17, 15) is 18.3 Å². The molecule has 44 heavy (non-hydrogen) atoms. The van der Waals surface area contributed by atoms with Crippen molar-refractivity contribution in [3.05, 3.63) is 77.2 Å². The van der Waals surface area contributed by atoms with E-state index in [1.807, 2.05) is 25.1 Å². The number of nitrogens with zero attached hydrogens (tertiary/aromatic N) is 2. The number of aliphatic hydroxyl groups is 1. The van der Waals surface area contributed by atoms with Gasteiger partial charge in [0.05, 0.1) is 30.4 Å². The topological polar surface area (TPSA) is 108 Å². The van der Waals surface area contributed by atoms with Crippen LogP contribution >= 0.6 is 11.3 Å². The molecule has 0 unspecified atom stereocenters. The third-order valence-electron chi connectivity index (χ3n) is 7.85. The summed E-state index contributed by atoms with van der Waals surface area (Å²) in [5.41, 5.74) is 1.72. The van der Waals surface area contributed by atoms with Crippen molar-refractivity contribution in [2.24, 2.45) is 5.92 Å². The molecule has 1 amide bonds. The van der Waals surface area contributed by atoms with Gasteiger partial charge in [0.25, 0.3) is 15.9 Å². The van der Waals surface area contributed by atoms with Gasteiger partial charge in [0.1, 0.15) is 9.96 Å². The lowest BCUT2D eigenvalue weighted by Gasteiger charge is -2.36. The van der Waals surface area contributed by atoms with Crippen molar-refractivity contribution < 1.29 is 27.8 Å². The fraction of sp³-hybridized carbons (Fsp3) is 0.485. The zero-order chi connectivity index (χ0) is 31.7. The summed E-state index contributed by atoms with van der Waals surface area (Å²) in [6.07, 6.45) is 2.23. The maximum absolute atomic E-state index is 14.3. The third kappa shape index (κ3) is 9.28. The normalized spacial score (nSPS) is 21.3. The van der Waals surface area contributed by atoms with E-state index in [1.54, 1.807) is 35.4 Å². The molecule has 0 fully saturated rings. The molecule has 3 aromatic rings. The first-order valence-electron chi connectivity index (χ1n) is 15.2. The number of ether oxygens (including phenoxy) is 2. The lowest BCUT2D eigenvalue weighted by molar-refractivity contribution is -0.0177. The van der Waals surface area contributed by atoms with Crippen molar-refractivity contribution >= 4 is 33.0 Å². The molecule has 9 nitrogen and oxygen atoms in total. The number of carbonyl (C=O) groups is 1. The number of nitrogens with one attached hydrogen (secondary N) is 1. The minimum atomic E-state index is -3.82. The largest absolute Gasteiger partial charge is 0.490 e. The molecule has 2 aromatic carbocycles. The Kier molecular flexibility index (Phi) is 12.2. The van der Waals surface area contributed by atoms with Gasteiger partial charge in [-0.05, 0) is 75.4 Å². The van der Waals surface area contributed by atoms with E-state index in [2.05, 4.69) is 35.7 Å². The number of carbonyl (C=O) groups excluding carboxylic acids is 1. The van der Waals surface area contributed by atoms with E-state index in [4.69, 9.17) is 9.47 Å². The van der Waals surface area contributed by atoms with E-state index in [1.165, 1.54) is 17.7 Å². The number of benzene rings is 2. The highest BCUT2D eigenvalue weighted by Gasteiger charge is 2.30. The summed E-state index contributed by atoms with van der Waals surface area (Å²) in [5, 5.41) is 11.9. The zero-order valence-corrected chi connectivity index (χ0v) is 27.6. The van der Waals surface area contributed by atoms with Gasteiger partial charge in [0.15, 0.2) is 0 Å². The second-order valence-electron chi connectivity index (χ2n) is 11.7. The first kappa shape index (κ1) is 33.9. The van der Waals surface area contributed by atoms with Crippen LogP contribution in [0.4, 0.5) is 5.69 Å². The average Bonchev–Trinajstić information content (AvgIpc) is 3.55. The minimum Gasteiger partial charge on any atom is -0.490 e. The molecule has 0 radical (unpaired) electrons. The van der Waals surface area contributed by atoms with Gasteiger partial charge in [-0.2, -0.15) is 0 Å². The predicted molar refractivity (Wildman–Crippen MR) is 175 cm³/mol. The monoisotopic (exact) mass is 643 g/mol. The summed E-state index contributed by atoms with van der Waals surface area (Å²) >= 11 is 1.12. The first-order chi connectivity index (χ1) is 21.1. The SMILES string of the molecule is C[C@@H]1CN([C@H](C)CO)C(=O)c2cc(NS(=O)(=O)c3cccs3)ccc2O[C@@H](C)CCCCO[C@H]1CN(C)Cc1ccccc1. The third-order valence-corrected chi connectivity index (χ3v) is 10.6. The standard InChI is InChI=1S/C33H45N3O6S2/c1-24-20-36(25(2)23-37)33(38)29-19-28(34-44(39,40)32-14-10-18-43-32)15-16-30(29)42-26(3)11-8-9-17-41-31(24)22-35(4)21-27-12-6-5-7-13-27/h5-7,10,12-16,18-19,24-26,31,34,37H,8-9,11,17,20-23H2,1-4H3/t24-,25-,26+,31+/m1/s1. The van der Waals surface area contributed by atoms with Crippen LogP contribution in [0.2, 0.25) is 0 Å². The summed E-state index contributed by atoms with van der Waals surface area (Å²) in [7, 11) is -1.75. The van der Waals surface area contributed by atoms with Crippen molar-refractivity contribution in [2.45, 2.75) is 69.0 Å². The molecule has 4 rings (SSSR count). The highest BCUT2D eigenvalue weighted by atomic mass is 32.2. The Morgan fingerprint density at radius 1 is 1.11 bits per heavy atom. The number of aliphatic hydroxyl groups excluding tert-OH is 1. The molecule has 2 heterocycles. The highest BCUT2D eigenvalue weighted by molar-refractivity contribution is 7.94. The number of thiophene rings is 1. The number of likely N-dealkylation sites (N-methyl/N-ethyl adjacent to an activating group) is 1. The zero-order valence-electron chi connectivity index (χ0n) is 26.0. The maximum Gasteiger partial charge on any atom is 0.271 e. The van der Waals surface area contributed by atoms with Gasteiger partial charge in [-0.1, -0.05) is 43.3 Å². The molecule has 2 N–H and O–H groups in total. The van der Waals surface area contributed by atoms with E-state index < -0.39 is 16.1 Å². The van der Waals surface area contributed by atoms with Crippen LogP contribution < -0.4 is 9.46 Å². The molecule has 1 aromatic heterocycles. The van der Waals surface area contributed by atoms with Crippen LogP contribution in [-0.4, -0.2) is 80.8 Å². The van der Waals surface area contributed by atoms with Crippen LogP contribution in [0, 0.1) is 5.92 Å². The lowest BCUT2D eigenvalue weighted by Crippen LogP contribution is -2.47. The van der Waals surface area contributed by atoms with E-state index in [0.717, 1.165) is 37.1 Å². The lowest BCUT2D eigenvalue weighted by atomic mass is 10.0. The molecule has 0 saturated carbocycles. The van der Waals surface area contributed by atoms with E-state index in [0.29, 0.717) is 25.4 Å².